The molecule has 3 heterocycles. The summed E-state index contributed by atoms with van der Waals surface area (Å²) in [6, 6.07) is 4.35. The molecule has 0 spiro atoms. The molecule has 2 fully saturated rings. The van der Waals surface area contributed by atoms with Gasteiger partial charge < -0.3 is 29.4 Å². The highest BCUT2D eigenvalue weighted by Gasteiger charge is 2.32. The third-order valence-electron chi connectivity index (χ3n) is 7.53. The van der Waals surface area contributed by atoms with Crippen LogP contribution in [0.3, 0.4) is 0 Å². The Kier molecular flexibility index (Phi) is 11.0. The molecule has 0 radical (unpaired) electrons. The summed E-state index contributed by atoms with van der Waals surface area (Å²) in [6.45, 7) is 14.2. The minimum absolute atomic E-state index is 0.0121. The molecular weight excluding hydrogens is 638 g/mol. The monoisotopic (exact) mass is 683 g/mol. The number of methoxy groups -OCH3 is 1. The first-order chi connectivity index (χ1) is 22.4. The number of benzene rings is 1. The van der Waals surface area contributed by atoms with Crippen LogP contribution in [0.1, 0.15) is 101 Å². The molecular formula is C34H46ClN7O6. The number of likely N-dealkylation sites (tertiary alicyclic amines) is 1. The Morgan fingerprint density at radius 3 is 2.33 bits per heavy atom. The van der Waals surface area contributed by atoms with Crippen LogP contribution >= 0.6 is 11.6 Å². The Morgan fingerprint density at radius 2 is 1.75 bits per heavy atom. The molecule has 1 unspecified atom stereocenters. The number of imidazole rings is 1. The summed E-state index contributed by atoms with van der Waals surface area (Å²) in [5.74, 6) is 6.02. The van der Waals surface area contributed by atoms with Gasteiger partial charge in [-0.2, -0.15) is 5.10 Å². The standard InChI is InChI=1S/C23H25ClN6O3.C11H21NO3/c1-12-26-17-10-13(15(24)11-18(17)30(12)14-7-8-14)6-9-16-19(20(25)31)21(28-27-16)29(5)22(32)33-23(2,3)4;1-11(2,3)15-10(13)12-7-5-6-9(12)8-14-4/h10-11,14H,7-8H2,1-5H3,(H2,25,31)(H,27,28);9H,5-8H2,1-4H3. The molecule has 1 saturated heterocycles. The fourth-order valence-electron chi connectivity index (χ4n) is 5.33. The lowest BCUT2D eigenvalue weighted by Gasteiger charge is -2.28. The lowest BCUT2D eigenvalue weighted by atomic mass is 10.1. The van der Waals surface area contributed by atoms with E-state index in [4.69, 9.17) is 31.5 Å². The van der Waals surface area contributed by atoms with E-state index in [-0.39, 0.29) is 29.2 Å². The van der Waals surface area contributed by atoms with Crippen LogP contribution in [0.25, 0.3) is 11.0 Å². The van der Waals surface area contributed by atoms with Crippen LogP contribution < -0.4 is 10.6 Å². The fraction of sp³-hybridized carbons (Fsp3) is 0.559. The number of hydrogen-bond acceptors (Lipinski definition) is 8. The third-order valence-corrected chi connectivity index (χ3v) is 7.84. The number of ether oxygens (including phenoxy) is 3. The summed E-state index contributed by atoms with van der Waals surface area (Å²) in [6.07, 6.45) is 3.43. The first-order valence-electron chi connectivity index (χ1n) is 15.9. The molecule has 1 saturated carbocycles. The zero-order chi connectivity index (χ0) is 35.6. The predicted octanol–water partition coefficient (Wildman–Crippen LogP) is 5.96. The average molecular weight is 684 g/mol. The molecule has 2 aromatic heterocycles. The molecule has 3 amide bonds. The number of primary amides is 1. The van der Waals surface area contributed by atoms with Crippen LogP contribution in [0.2, 0.25) is 5.02 Å². The number of halogens is 1. The van der Waals surface area contributed by atoms with Gasteiger partial charge in [-0.3, -0.25) is 14.8 Å². The van der Waals surface area contributed by atoms with Crippen molar-refractivity contribution < 1.29 is 28.6 Å². The Labute approximate surface area is 286 Å². The van der Waals surface area contributed by atoms with Crippen LogP contribution in [-0.4, -0.2) is 87.3 Å². The number of nitrogens with one attached hydrogen (secondary N) is 1. The van der Waals surface area contributed by atoms with E-state index in [9.17, 15) is 14.4 Å². The van der Waals surface area contributed by atoms with Crippen molar-refractivity contribution in [3.63, 3.8) is 0 Å². The maximum atomic E-state index is 12.4. The number of nitrogens with two attached hydrogens (primary N) is 1. The van der Waals surface area contributed by atoms with Crippen molar-refractivity contribution in [3.8, 4) is 11.8 Å². The number of carbonyl (C=O) groups excluding carboxylic acids is 3. The maximum absolute atomic E-state index is 12.4. The lowest BCUT2D eigenvalue weighted by Crippen LogP contribution is -2.41. The second kappa shape index (κ2) is 14.5. The number of amides is 3. The molecule has 2 aliphatic rings. The minimum Gasteiger partial charge on any atom is -0.444 e. The Bertz CT molecular complexity index is 1740. The average Bonchev–Trinajstić information content (AvgIpc) is 3.38. The van der Waals surface area contributed by atoms with Gasteiger partial charge in [-0.15, -0.1) is 0 Å². The van der Waals surface area contributed by atoms with E-state index in [1.165, 1.54) is 7.05 Å². The van der Waals surface area contributed by atoms with Crippen LogP contribution in [0, 0.1) is 18.8 Å². The minimum atomic E-state index is -0.779. The summed E-state index contributed by atoms with van der Waals surface area (Å²) in [4.78, 5) is 43.9. The number of aromatic amines is 1. The number of carbonyl (C=O) groups is 3. The summed E-state index contributed by atoms with van der Waals surface area (Å²) in [7, 11) is 3.10. The number of aromatic nitrogens is 4. The normalized spacial score (nSPS) is 16.1. The van der Waals surface area contributed by atoms with Crippen LogP contribution in [-0.2, 0) is 14.2 Å². The molecule has 3 N–H and O–H groups in total. The zero-order valence-electron chi connectivity index (χ0n) is 29.2. The van der Waals surface area contributed by atoms with Crippen molar-refractivity contribution in [1.29, 1.82) is 0 Å². The highest BCUT2D eigenvalue weighted by molar-refractivity contribution is 6.32. The van der Waals surface area contributed by atoms with Crippen molar-refractivity contribution in [3.05, 3.63) is 39.8 Å². The van der Waals surface area contributed by atoms with Gasteiger partial charge in [0.15, 0.2) is 5.82 Å². The molecule has 0 bridgehead atoms. The fourth-order valence-corrected chi connectivity index (χ4v) is 5.54. The molecule has 14 heteroatoms. The lowest BCUT2D eigenvalue weighted by molar-refractivity contribution is 0.0148. The van der Waals surface area contributed by atoms with Gasteiger partial charge >= 0.3 is 12.2 Å². The van der Waals surface area contributed by atoms with Crippen molar-refractivity contribution in [2.45, 2.75) is 97.4 Å². The topological polar surface area (TPSA) is 158 Å². The summed E-state index contributed by atoms with van der Waals surface area (Å²) >= 11 is 6.51. The smallest absolute Gasteiger partial charge is 0.415 e. The summed E-state index contributed by atoms with van der Waals surface area (Å²) in [5.41, 5.74) is 6.93. The van der Waals surface area contributed by atoms with E-state index in [0.29, 0.717) is 23.2 Å². The van der Waals surface area contributed by atoms with Gasteiger partial charge in [0.25, 0.3) is 5.91 Å². The summed E-state index contributed by atoms with van der Waals surface area (Å²) < 4.78 is 18.0. The number of nitrogens with zero attached hydrogens (tertiary/aromatic N) is 5. The van der Waals surface area contributed by atoms with E-state index in [1.807, 2.05) is 39.8 Å². The van der Waals surface area contributed by atoms with Gasteiger partial charge in [-0.1, -0.05) is 17.5 Å². The Morgan fingerprint density at radius 1 is 1.08 bits per heavy atom. The van der Waals surface area contributed by atoms with Crippen LogP contribution in [0.4, 0.5) is 15.4 Å². The molecule has 3 aromatic rings. The van der Waals surface area contributed by atoms with Gasteiger partial charge in [0.1, 0.15) is 28.3 Å². The maximum Gasteiger partial charge on any atom is 0.415 e. The van der Waals surface area contributed by atoms with E-state index >= 15 is 0 Å². The molecule has 48 heavy (non-hydrogen) atoms. The van der Waals surface area contributed by atoms with Gasteiger partial charge in [-0.25, -0.2) is 14.6 Å². The van der Waals surface area contributed by atoms with Gasteiger partial charge in [0.2, 0.25) is 0 Å². The first-order valence-corrected chi connectivity index (χ1v) is 16.3. The second-order valence-electron chi connectivity index (χ2n) is 14.0. The number of aryl methyl sites for hydroxylation is 1. The van der Waals surface area contributed by atoms with Crippen LogP contribution in [0.15, 0.2) is 12.1 Å². The highest BCUT2D eigenvalue weighted by atomic mass is 35.5. The molecule has 1 aliphatic carbocycles. The number of H-pyrrole nitrogens is 1. The highest BCUT2D eigenvalue weighted by Crippen LogP contribution is 2.39. The Hall–Kier alpha value is -4.28. The van der Waals surface area contributed by atoms with Crippen molar-refractivity contribution >= 4 is 46.5 Å². The van der Waals surface area contributed by atoms with Crippen LogP contribution in [0.5, 0.6) is 0 Å². The van der Waals surface area contributed by atoms with Gasteiger partial charge in [-0.05, 0) is 92.2 Å². The Balaban J connectivity index is 0.000000291. The summed E-state index contributed by atoms with van der Waals surface area (Å²) in [5, 5.41) is 7.22. The predicted molar refractivity (Wildman–Crippen MR) is 183 cm³/mol. The quantitative estimate of drug-likeness (QED) is 0.312. The molecule has 13 nitrogen and oxygen atoms in total. The molecule has 260 valence electrons. The van der Waals surface area contributed by atoms with E-state index in [1.54, 1.807) is 32.8 Å². The molecule has 1 atom stereocenters. The van der Waals surface area contributed by atoms with Gasteiger partial charge in [0, 0.05) is 32.3 Å². The van der Waals surface area contributed by atoms with Crippen molar-refractivity contribution in [1.82, 2.24) is 24.6 Å². The van der Waals surface area contributed by atoms with Crippen molar-refractivity contribution in [2.75, 3.05) is 32.2 Å². The van der Waals surface area contributed by atoms with E-state index in [0.717, 1.165) is 54.0 Å². The number of hydrogen-bond donors (Lipinski definition) is 2. The molecule has 5 rings (SSSR count). The van der Waals surface area contributed by atoms with E-state index < -0.39 is 23.2 Å². The van der Waals surface area contributed by atoms with E-state index in [2.05, 4.69) is 31.6 Å². The van der Waals surface area contributed by atoms with Crippen molar-refractivity contribution in [2.24, 2.45) is 5.73 Å². The second-order valence-corrected chi connectivity index (χ2v) is 14.4. The largest absolute Gasteiger partial charge is 0.444 e. The zero-order valence-corrected chi connectivity index (χ0v) is 29.9. The number of fused-ring (bicyclic) bond motifs is 1. The SMILES string of the molecule is COCC1CCCN1C(=O)OC(C)(C)C.Cc1nc2cc(C#Cc3[nH]nc(N(C)C(=O)OC(C)(C)C)c3C(N)=O)c(Cl)cc2n1C1CC1. The number of anilines is 1. The molecule has 1 aromatic carbocycles. The third kappa shape index (κ3) is 8.99. The van der Waals surface area contributed by atoms with Gasteiger partial charge in [0.05, 0.1) is 28.7 Å². The number of rotatable bonds is 5. The molecule has 1 aliphatic heterocycles. The first kappa shape index (κ1) is 36.6.